The minimum absolute atomic E-state index is 0.0675. The third kappa shape index (κ3) is 3.30. The van der Waals surface area contributed by atoms with Crippen molar-refractivity contribution in [1.82, 2.24) is 9.38 Å². The van der Waals surface area contributed by atoms with Crippen molar-refractivity contribution >= 4 is 46.6 Å². The zero-order chi connectivity index (χ0) is 19.0. The summed E-state index contributed by atoms with van der Waals surface area (Å²) < 4.78 is 7.20. The highest BCUT2D eigenvalue weighted by Crippen LogP contribution is 2.32. The van der Waals surface area contributed by atoms with E-state index in [1.807, 2.05) is 0 Å². The molecule has 0 aliphatic heterocycles. The number of nitro benzene ring substituents is 1. The molecule has 0 unspecified atom stereocenters. The molecule has 0 aliphatic carbocycles. The van der Waals surface area contributed by atoms with E-state index in [1.54, 1.807) is 47.2 Å². The van der Waals surface area contributed by atoms with Gasteiger partial charge in [-0.3, -0.25) is 14.5 Å². The molecule has 0 amide bonds. The lowest BCUT2D eigenvalue weighted by molar-refractivity contribution is -0.384. The predicted molar refractivity (Wildman–Crippen MR) is 103 cm³/mol. The van der Waals surface area contributed by atoms with Crippen molar-refractivity contribution < 1.29 is 9.34 Å². The van der Waals surface area contributed by atoms with Gasteiger partial charge in [0.15, 0.2) is 17.3 Å². The van der Waals surface area contributed by atoms with Gasteiger partial charge in [-0.1, -0.05) is 29.3 Å². The van der Waals surface area contributed by atoms with Crippen LogP contribution in [0.4, 0.5) is 11.5 Å². The molecule has 7 nitrogen and oxygen atoms in total. The fourth-order valence-electron chi connectivity index (χ4n) is 2.59. The smallest absolute Gasteiger partial charge is 0.288 e. The highest BCUT2D eigenvalue weighted by atomic mass is 35.5. The Labute approximate surface area is 162 Å². The molecule has 0 saturated carbocycles. The van der Waals surface area contributed by atoms with E-state index in [0.717, 1.165) is 0 Å². The number of imidazole rings is 1. The molecule has 27 heavy (non-hydrogen) atoms. The van der Waals surface area contributed by atoms with Gasteiger partial charge in [0.25, 0.3) is 5.69 Å². The first-order valence-electron chi connectivity index (χ1n) is 7.72. The van der Waals surface area contributed by atoms with Gasteiger partial charge in [-0.05, 0) is 29.8 Å². The Kier molecular flexibility index (Phi) is 4.39. The molecule has 0 fully saturated rings. The second-order valence-corrected chi connectivity index (χ2v) is 6.40. The van der Waals surface area contributed by atoms with E-state index in [2.05, 4.69) is 9.98 Å². The van der Waals surface area contributed by atoms with Gasteiger partial charge in [0.05, 0.1) is 11.2 Å². The van der Waals surface area contributed by atoms with Gasteiger partial charge in [-0.25, -0.2) is 9.98 Å². The number of nitro groups is 1. The Balaban J connectivity index is 1.84. The molecular weight excluding hydrogens is 391 g/mol. The largest absolute Gasteiger partial charge is 0.463 e. The van der Waals surface area contributed by atoms with Crippen molar-refractivity contribution in [2.75, 3.05) is 0 Å². The second-order valence-electron chi connectivity index (χ2n) is 5.56. The predicted octanol–water partition coefficient (Wildman–Crippen LogP) is 5.56. The SMILES string of the molecule is O=[N+]([O-])c1cc(C=Nc2c(-c3ccco3)nc3cc(Cl)ccn23)ccc1Cl. The Bertz CT molecular complexity index is 1180. The average molecular weight is 401 g/mol. The van der Waals surface area contributed by atoms with Crippen molar-refractivity contribution in [2.45, 2.75) is 0 Å². The van der Waals surface area contributed by atoms with Crippen molar-refractivity contribution in [3.63, 3.8) is 0 Å². The molecule has 3 aromatic heterocycles. The topological polar surface area (TPSA) is 85.9 Å². The van der Waals surface area contributed by atoms with E-state index in [0.29, 0.717) is 33.5 Å². The number of pyridine rings is 1. The first-order chi connectivity index (χ1) is 13.0. The lowest BCUT2D eigenvalue weighted by atomic mass is 10.2. The number of fused-ring (bicyclic) bond motifs is 1. The number of benzene rings is 1. The lowest BCUT2D eigenvalue weighted by Gasteiger charge is -2.00. The average Bonchev–Trinajstić information content (AvgIpc) is 3.28. The van der Waals surface area contributed by atoms with Crippen LogP contribution in [0, 0.1) is 10.1 Å². The Hall–Kier alpha value is -3.16. The van der Waals surface area contributed by atoms with Crippen LogP contribution >= 0.6 is 23.2 Å². The third-order valence-corrected chi connectivity index (χ3v) is 4.38. The fraction of sp³-hybridized carbons (Fsp3) is 0. The summed E-state index contributed by atoms with van der Waals surface area (Å²) in [6, 6.07) is 11.4. The Morgan fingerprint density at radius 2 is 2.07 bits per heavy atom. The van der Waals surface area contributed by atoms with Crippen LogP contribution in [-0.4, -0.2) is 20.5 Å². The molecule has 0 radical (unpaired) electrons. The zero-order valence-corrected chi connectivity index (χ0v) is 15.1. The van der Waals surface area contributed by atoms with Crippen LogP contribution in [0.15, 0.2) is 64.3 Å². The maximum atomic E-state index is 11.1. The van der Waals surface area contributed by atoms with E-state index in [4.69, 9.17) is 27.6 Å². The van der Waals surface area contributed by atoms with Gasteiger partial charge in [0.1, 0.15) is 10.7 Å². The minimum Gasteiger partial charge on any atom is -0.463 e. The summed E-state index contributed by atoms with van der Waals surface area (Å²) >= 11 is 11.9. The van der Waals surface area contributed by atoms with Gasteiger partial charge in [0.2, 0.25) is 0 Å². The van der Waals surface area contributed by atoms with Crippen molar-refractivity contribution in [1.29, 1.82) is 0 Å². The van der Waals surface area contributed by atoms with E-state index >= 15 is 0 Å². The number of rotatable bonds is 4. The number of furan rings is 1. The van der Waals surface area contributed by atoms with E-state index in [-0.39, 0.29) is 10.7 Å². The van der Waals surface area contributed by atoms with Crippen LogP contribution in [0.25, 0.3) is 17.1 Å². The van der Waals surface area contributed by atoms with Gasteiger partial charge >= 0.3 is 0 Å². The Morgan fingerprint density at radius 1 is 1.22 bits per heavy atom. The number of nitrogens with zero attached hydrogens (tertiary/aromatic N) is 4. The van der Waals surface area contributed by atoms with E-state index < -0.39 is 4.92 Å². The summed E-state index contributed by atoms with van der Waals surface area (Å²) in [5, 5.41) is 11.7. The lowest BCUT2D eigenvalue weighted by Crippen LogP contribution is -1.91. The van der Waals surface area contributed by atoms with Crippen LogP contribution in [0.5, 0.6) is 0 Å². The van der Waals surface area contributed by atoms with Gasteiger partial charge in [-0.15, -0.1) is 0 Å². The quantitative estimate of drug-likeness (QED) is 0.255. The highest BCUT2D eigenvalue weighted by Gasteiger charge is 2.16. The van der Waals surface area contributed by atoms with E-state index in [1.165, 1.54) is 18.3 Å². The van der Waals surface area contributed by atoms with Crippen molar-refractivity contribution in [3.8, 4) is 11.5 Å². The third-order valence-electron chi connectivity index (χ3n) is 3.82. The van der Waals surface area contributed by atoms with Crippen LogP contribution in [-0.2, 0) is 0 Å². The summed E-state index contributed by atoms with van der Waals surface area (Å²) in [5.41, 5.74) is 1.47. The maximum Gasteiger partial charge on any atom is 0.288 e. The first-order valence-corrected chi connectivity index (χ1v) is 8.48. The molecule has 0 atom stereocenters. The maximum absolute atomic E-state index is 11.1. The number of halogens is 2. The summed E-state index contributed by atoms with van der Waals surface area (Å²) in [6.07, 6.45) is 4.80. The summed E-state index contributed by atoms with van der Waals surface area (Å²) in [6.45, 7) is 0. The molecule has 0 N–H and O–H groups in total. The monoisotopic (exact) mass is 400 g/mol. The molecule has 0 saturated heterocycles. The first kappa shape index (κ1) is 17.3. The van der Waals surface area contributed by atoms with Crippen LogP contribution < -0.4 is 0 Å². The summed E-state index contributed by atoms with van der Waals surface area (Å²) in [5.74, 6) is 1.05. The second kappa shape index (κ2) is 6.86. The number of aliphatic imine (C=N–C) groups is 1. The van der Waals surface area contributed by atoms with Crippen molar-refractivity contribution in [3.05, 3.63) is 80.6 Å². The molecule has 4 aromatic rings. The normalized spacial score (nSPS) is 11.5. The van der Waals surface area contributed by atoms with Crippen LogP contribution in [0.1, 0.15) is 5.56 Å². The van der Waals surface area contributed by atoms with Crippen LogP contribution in [0.3, 0.4) is 0 Å². The molecule has 0 bridgehead atoms. The molecule has 9 heteroatoms. The Morgan fingerprint density at radius 3 is 2.81 bits per heavy atom. The summed E-state index contributed by atoms with van der Waals surface area (Å²) in [4.78, 5) is 19.5. The fourth-order valence-corrected chi connectivity index (χ4v) is 2.93. The van der Waals surface area contributed by atoms with Crippen LogP contribution in [0.2, 0.25) is 10.0 Å². The zero-order valence-electron chi connectivity index (χ0n) is 13.5. The molecule has 0 aliphatic rings. The molecule has 1 aromatic carbocycles. The van der Waals surface area contributed by atoms with Gasteiger partial charge < -0.3 is 4.42 Å². The molecular formula is C18H10Cl2N4O3. The standard InChI is InChI=1S/C18H10Cl2N4O3/c19-12-5-6-23-16(9-12)22-17(15-2-1-7-27-15)18(23)21-10-11-3-4-13(20)14(8-11)24(25)26/h1-10H. The molecule has 4 rings (SSSR count). The number of hydrogen-bond donors (Lipinski definition) is 0. The summed E-state index contributed by atoms with van der Waals surface area (Å²) in [7, 11) is 0. The van der Waals surface area contributed by atoms with Crippen molar-refractivity contribution in [2.24, 2.45) is 4.99 Å². The molecule has 0 spiro atoms. The van der Waals surface area contributed by atoms with Gasteiger partial charge in [-0.2, -0.15) is 0 Å². The van der Waals surface area contributed by atoms with Gasteiger partial charge in [0, 0.05) is 29.6 Å². The molecule has 134 valence electrons. The molecule has 3 heterocycles. The number of hydrogen-bond acceptors (Lipinski definition) is 5. The minimum atomic E-state index is -0.538. The number of aromatic nitrogens is 2. The highest BCUT2D eigenvalue weighted by molar-refractivity contribution is 6.32. The van der Waals surface area contributed by atoms with E-state index in [9.17, 15) is 10.1 Å².